The van der Waals surface area contributed by atoms with Gasteiger partial charge in [-0.1, -0.05) is 101 Å². The standard InChI is InChI=1S/C29H22BrNOS/c30-23-17-15-20(16-18-23)26-19-29(22-11-5-2-6-12-22)27(21-9-3-1-4-10-21)28(32)31(29)24-13-7-8-14-25(24)33-26/h1-18,26-27H,19H2/t26-,27-,29+/m1/s1. The molecule has 0 spiro atoms. The van der Waals surface area contributed by atoms with Crippen LogP contribution in [0, 0.1) is 0 Å². The first kappa shape index (κ1) is 20.8. The van der Waals surface area contributed by atoms with Gasteiger partial charge in [-0.3, -0.25) is 9.69 Å². The summed E-state index contributed by atoms with van der Waals surface area (Å²) in [6.45, 7) is 0. The average Bonchev–Trinajstić information content (AvgIpc) is 2.98. The summed E-state index contributed by atoms with van der Waals surface area (Å²) in [5.74, 6) is -0.0413. The van der Waals surface area contributed by atoms with Crippen molar-refractivity contribution in [3.8, 4) is 0 Å². The summed E-state index contributed by atoms with van der Waals surface area (Å²) in [7, 11) is 0. The Morgan fingerprint density at radius 2 is 1.39 bits per heavy atom. The van der Waals surface area contributed by atoms with Gasteiger partial charge < -0.3 is 0 Å². The second kappa shape index (κ2) is 8.19. The third kappa shape index (κ3) is 3.27. The molecular weight excluding hydrogens is 490 g/mol. The molecule has 0 unspecified atom stereocenters. The molecule has 162 valence electrons. The lowest BCUT2D eigenvalue weighted by molar-refractivity contribution is -0.131. The number of thioether (sulfide) groups is 1. The SMILES string of the molecule is O=C1[C@@H](c2ccccc2)[C@@]2(c3ccccc3)C[C@H](c3ccc(Br)cc3)Sc3ccccc3N12. The van der Waals surface area contributed by atoms with Gasteiger partial charge in [0.25, 0.3) is 0 Å². The van der Waals surface area contributed by atoms with Crippen LogP contribution < -0.4 is 4.90 Å². The fourth-order valence-corrected chi connectivity index (χ4v) is 7.06. The van der Waals surface area contributed by atoms with Crippen molar-refractivity contribution in [3.05, 3.63) is 130 Å². The van der Waals surface area contributed by atoms with Crippen LogP contribution in [0.3, 0.4) is 0 Å². The predicted octanol–water partition coefficient (Wildman–Crippen LogP) is 7.71. The lowest BCUT2D eigenvalue weighted by atomic mass is 9.63. The van der Waals surface area contributed by atoms with Gasteiger partial charge in [0.2, 0.25) is 5.91 Å². The third-order valence-electron chi connectivity index (χ3n) is 6.86. The number of nitrogens with zero attached hydrogens (tertiary/aromatic N) is 1. The highest BCUT2D eigenvalue weighted by molar-refractivity contribution is 9.10. The van der Waals surface area contributed by atoms with Crippen LogP contribution in [0.2, 0.25) is 0 Å². The number of fused-ring (bicyclic) bond motifs is 3. The molecule has 0 saturated carbocycles. The molecule has 3 atom stereocenters. The van der Waals surface area contributed by atoms with Crippen molar-refractivity contribution >= 4 is 39.3 Å². The van der Waals surface area contributed by atoms with Gasteiger partial charge in [0.15, 0.2) is 0 Å². The van der Waals surface area contributed by atoms with E-state index in [9.17, 15) is 4.79 Å². The van der Waals surface area contributed by atoms with Crippen molar-refractivity contribution in [2.75, 3.05) is 4.90 Å². The van der Waals surface area contributed by atoms with Crippen molar-refractivity contribution in [1.29, 1.82) is 0 Å². The Labute approximate surface area is 206 Å². The van der Waals surface area contributed by atoms with Crippen LogP contribution in [0.25, 0.3) is 0 Å². The lowest BCUT2D eigenvalue weighted by Crippen LogP contribution is -2.67. The van der Waals surface area contributed by atoms with E-state index < -0.39 is 5.54 Å². The molecular formula is C29H22BrNOS. The number of hydrogen-bond donors (Lipinski definition) is 0. The summed E-state index contributed by atoms with van der Waals surface area (Å²) in [5, 5.41) is 0.212. The second-order valence-electron chi connectivity index (χ2n) is 8.64. The minimum atomic E-state index is -0.447. The highest BCUT2D eigenvalue weighted by Crippen LogP contribution is 2.63. The summed E-state index contributed by atoms with van der Waals surface area (Å²) >= 11 is 5.45. The van der Waals surface area contributed by atoms with Crippen LogP contribution in [-0.4, -0.2) is 5.91 Å². The average molecular weight is 512 g/mol. The van der Waals surface area contributed by atoms with Crippen LogP contribution in [0.4, 0.5) is 5.69 Å². The first-order valence-corrected chi connectivity index (χ1v) is 12.8. The number of halogens is 1. The molecule has 0 bridgehead atoms. The molecule has 2 nitrogen and oxygen atoms in total. The maximum atomic E-state index is 13.9. The Kier molecular flexibility index (Phi) is 5.16. The molecule has 1 saturated heterocycles. The van der Waals surface area contributed by atoms with Gasteiger partial charge >= 0.3 is 0 Å². The maximum Gasteiger partial charge on any atom is 0.238 e. The molecule has 0 aliphatic carbocycles. The van der Waals surface area contributed by atoms with Crippen molar-refractivity contribution in [1.82, 2.24) is 0 Å². The number of anilines is 1. The van der Waals surface area contributed by atoms with Crippen LogP contribution in [-0.2, 0) is 10.3 Å². The Morgan fingerprint density at radius 3 is 2.12 bits per heavy atom. The first-order valence-electron chi connectivity index (χ1n) is 11.1. The van der Waals surface area contributed by atoms with Gasteiger partial charge in [0.05, 0.1) is 17.1 Å². The zero-order chi connectivity index (χ0) is 22.4. The predicted molar refractivity (Wildman–Crippen MR) is 139 cm³/mol. The van der Waals surface area contributed by atoms with Crippen LogP contribution in [0.15, 0.2) is 119 Å². The summed E-state index contributed by atoms with van der Waals surface area (Å²) in [6.07, 6.45) is 0.837. The molecule has 1 fully saturated rings. The van der Waals surface area contributed by atoms with E-state index in [1.54, 1.807) is 0 Å². The Balaban J connectivity index is 1.60. The highest BCUT2D eigenvalue weighted by atomic mass is 79.9. The zero-order valence-electron chi connectivity index (χ0n) is 17.9. The third-order valence-corrected chi connectivity index (χ3v) is 8.72. The van der Waals surface area contributed by atoms with Gasteiger partial charge in [-0.05, 0) is 47.4 Å². The summed E-state index contributed by atoms with van der Waals surface area (Å²) < 4.78 is 1.07. The normalized spacial score (nSPS) is 23.8. The molecule has 2 aliphatic rings. The van der Waals surface area contributed by atoms with Crippen molar-refractivity contribution < 1.29 is 4.79 Å². The number of benzene rings is 4. The minimum Gasteiger partial charge on any atom is -0.299 e. The van der Waals surface area contributed by atoms with Gasteiger partial charge in [-0.2, -0.15) is 0 Å². The van der Waals surface area contributed by atoms with Gasteiger partial charge in [0.1, 0.15) is 0 Å². The molecule has 4 aromatic rings. The lowest BCUT2D eigenvalue weighted by Gasteiger charge is -2.58. The summed E-state index contributed by atoms with van der Waals surface area (Å²) in [4.78, 5) is 17.1. The molecule has 1 amide bonds. The zero-order valence-corrected chi connectivity index (χ0v) is 20.3. The number of carbonyl (C=O) groups excluding carboxylic acids is 1. The molecule has 4 aromatic carbocycles. The van der Waals surface area contributed by atoms with Gasteiger partial charge in [-0.15, -0.1) is 11.8 Å². The quantitative estimate of drug-likeness (QED) is 0.262. The monoisotopic (exact) mass is 511 g/mol. The summed E-state index contributed by atoms with van der Waals surface area (Å²) in [5.41, 5.74) is 4.13. The first-order chi connectivity index (χ1) is 16.2. The van der Waals surface area contributed by atoms with Gasteiger partial charge in [-0.25, -0.2) is 0 Å². The van der Waals surface area contributed by atoms with Crippen molar-refractivity contribution in [3.63, 3.8) is 0 Å². The number of para-hydroxylation sites is 1. The molecule has 6 rings (SSSR count). The number of β-lactam (4-membered cyclic amide) rings is 1. The van der Waals surface area contributed by atoms with E-state index >= 15 is 0 Å². The van der Waals surface area contributed by atoms with E-state index in [1.165, 1.54) is 11.1 Å². The largest absolute Gasteiger partial charge is 0.299 e. The number of carbonyl (C=O) groups is 1. The van der Waals surface area contributed by atoms with E-state index in [-0.39, 0.29) is 17.1 Å². The van der Waals surface area contributed by atoms with Crippen LogP contribution in [0.5, 0.6) is 0 Å². The fraction of sp³-hybridized carbons (Fsp3) is 0.138. The smallest absolute Gasteiger partial charge is 0.238 e. The van der Waals surface area contributed by atoms with Crippen LogP contribution in [0.1, 0.15) is 34.3 Å². The Hall–Kier alpha value is -2.82. The van der Waals surface area contributed by atoms with E-state index in [0.717, 1.165) is 27.0 Å². The Bertz CT molecular complexity index is 1310. The van der Waals surface area contributed by atoms with E-state index in [0.29, 0.717) is 0 Å². The van der Waals surface area contributed by atoms with E-state index in [2.05, 4.69) is 99.7 Å². The van der Waals surface area contributed by atoms with Gasteiger partial charge in [0, 0.05) is 14.6 Å². The minimum absolute atomic E-state index is 0.176. The van der Waals surface area contributed by atoms with E-state index in [1.807, 2.05) is 42.1 Å². The summed E-state index contributed by atoms with van der Waals surface area (Å²) in [6, 6.07) is 37.9. The molecule has 2 aliphatic heterocycles. The molecule has 0 aromatic heterocycles. The molecule has 33 heavy (non-hydrogen) atoms. The van der Waals surface area contributed by atoms with Crippen molar-refractivity contribution in [2.24, 2.45) is 0 Å². The second-order valence-corrected chi connectivity index (χ2v) is 10.8. The van der Waals surface area contributed by atoms with Crippen molar-refractivity contribution in [2.45, 2.75) is 28.0 Å². The maximum absolute atomic E-state index is 13.9. The molecule has 2 heterocycles. The topological polar surface area (TPSA) is 20.3 Å². The fourth-order valence-electron chi connectivity index (χ4n) is 5.42. The van der Waals surface area contributed by atoms with E-state index in [4.69, 9.17) is 0 Å². The molecule has 0 N–H and O–H groups in total. The number of amides is 1. The van der Waals surface area contributed by atoms with Crippen LogP contribution >= 0.6 is 27.7 Å². The Morgan fingerprint density at radius 1 is 0.758 bits per heavy atom. The number of hydrogen-bond acceptors (Lipinski definition) is 2. The highest BCUT2D eigenvalue weighted by Gasteiger charge is 2.63. The molecule has 4 heteroatoms. The number of rotatable bonds is 3. The molecule has 0 radical (unpaired) electrons.